The third kappa shape index (κ3) is 2.38. The fourth-order valence-electron chi connectivity index (χ4n) is 2.61. The Bertz CT molecular complexity index is 447. The largest absolute Gasteiger partial charge is 0.481 e. The lowest BCUT2D eigenvalue weighted by molar-refractivity contribution is -0.148. The third-order valence-corrected chi connectivity index (χ3v) is 4.10. The summed E-state index contributed by atoms with van der Waals surface area (Å²) in [5.74, 6) is -0.657. The molecule has 98 valence electrons. The van der Waals surface area contributed by atoms with Gasteiger partial charge in [-0.3, -0.25) is 14.7 Å². The van der Waals surface area contributed by atoms with Crippen LogP contribution in [0.25, 0.3) is 0 Å². The van der Waals surface area contributed by atoms with Crippen LogP contribution in [-0.2, 0) is 11.3 Å². The molecular formula is C14H20N2O2. The molecule has 1 aromatic heterocycles. The van der Waals surface area contributed by atoms with Gasteiger partial charge in [0.05, 0.1) is 5.41 Å². The van der Waals surface area contributed by atoms with Gasteiger partial charge < -0.3 is 5.11 Å². The molecule has 1 atom stereocenters. The van der Waals surface area contributed by atoms with Gasteiger partial charge in [0.25, 0.3) is 0 Å². The Balaban J connectivity index is 2.06. The smallest absolute Gasteiger partial charge is 0.310 e. The highest BCUT2D eigenvalue weighted by molar-refractivity contribution is 5.75. The molecule has 0 radical (unpaired) electrons. The summed E-state index contributed by atoms with van der Waals surface area (Å²) in [6.07, 6.45) is 5.11. The van der Waals surface area contributed by atoms with E-state index < -0.39 is 11.4 Å². The summed E-state index contributed by atoms with van der Waals surface area (Å²) in [5, 5.41) is 9.36. The Morgan fingerprint density at radius 2 is 2.39 bits per heavy atom. The zero-order chi connectivity index (χ0) is 13.2. The molecular weight excluding hydrogens is 228 g/mol. The van der Waals surface area contributed by atoms with Crippen LogP contribution >= 0.6 is 0 Å². The van der Waals surface area contributed by atoms with Crippen LogP contribution in [0.15, 0.2) is 18.5 Å². The van der Waals surface area contributed by atoms with Gasteiger partial charge in [-0.25, -0.2) is 0 Å². The lowest BCUT2D eigenvalue weighted by Crippen LogP contribution is -2.34. The molecule has 1 aliphatic rings. The van der Waals surface area contributed by atoms with E-state index in [1.165, 1.54) is 11.1 Å². The van der Waals surface area contributed by atoms with Crippen molar-refractivity contribution in [2.24, 2.45) is 5.41 Å². The van der Waals surface area contributed by atoms with Crippen LogP contribution in [0.3, 0.4) is 0 Å². The summed E-state index contributed by atoms with van der Waals surface area (Å²) in [6.45, 7) is 6.33. The number of aryl methyl sites for hydroxylation is 1. The summed E-state index contributed by atoms with van der Waals surface area (Å²) in [7, 11) is 0. The van der Waals surface area contributed by atoms with E-state index in [9.17, 15) is 9.90 Å². The van der Waals surface area contributed by atoms with Gasteiger partial charge in [-0.2, -0.15) is 0 Å². The number of carboxylic acids is 1. The van der Waals surface area contributed by atoms with Gasteiger partial charge in [0.15, 0.2) is 0 Å². The SMILES string of the molecule is CCC1(C(=O)O)CCN(Cc2cnccc2C)C1. The molecule has 2 rings (SSSR count). The molecule has 18 heavy (non-hydrogen) atoms. The molecule has 4 heteroatoms. The number of rotatable bonds is 4. The molecule has 1 aliphatic heterocycles. The summed E-state index contributed by atoms with van der Waals surface area (Å²) < 4.78 is 0. The van der Waals surface area contributed by atoms with Crippen molar-refractivity contribution in [3.8, 4) is 0 Å². The van der Waals surface area contributed by atoms with E-state index in [1.54, 1.807) is 6.20 Å². The van der Waals surface area contributed by atoms with Gasteiger partial charge in [0.2, 0.25) is 0 Å². The maximum Gasteiger partial charge on any atom is 0.310 e. The number of likely N-dealkylation sites (tertiary alicyclic amines) is 1. The van der Waals surface area contributed by atoms with Crippen molar-refractivity contribution >= 4 is 5.97 Å². The molecule has 0 amide bonds. The molecule has 2 heterocycles. The van der Waals surface area contributed by atoms with E-state index in [2.05, 4.69) is 16.8 Å². The van der Waals surface area contributed by atoms with Crippen molar-refractivity contribution in [2.45, 2.75) is 33.2 Å². The zero-order valence-corrected chi connectivity index (χ0v) is 11.0. The molecule has 1 unspecified atom stereocenters. The Morgan fingerprint density at radius 1 is 1.61 bits per heavy atom. The second kappa shape index (κ2) is 5.06. The highest BCUT2D eigenvalue weighted by atomic mass is 16.4. The van der Waals surface area contributed by atoms with Gasteiger partial charge >= 0.3 is 5.97 Å². The standard InChI is InChI=1S/C14H20N2O2/c1-3-14(13(17)18)5-7-16(10-14)9-12-8-15-6-4-11(12)2/h4,6,8H,3,5,7,9-10H2,1-2H3,(H,17,18). The van der Waals surface area contributed by atoms with Gasteiger partial charge in [0, 0.05) is 25.5 Å². The van der Waals surface area contributed by atoms with Crippen molar-refractivity contribution < 1.29 is 9.90 Å². The molecule has 0 saturated carbocycles. The van der Waals surface area contributed by atoms with E-state index in [0.717, 1.165) is 19.5 Å². The first-order valence-corrected chi connectivity index (χ1v) is 6.42. The molecule has 0 bridgehead atoms. The van der Waals surface area contributed by atoms with E-state index in [1.807, 2.05) is 19.2 Å². The lowest BCUT2D eigenvalue weighted by Gasteiger charge is -2.23. The molecule has 0 aliphatic carbocycles. The minimum atomic E-state index is -0.657. The Hall–Kier alpha value is -1.42. The Kier molecular flexibility index (Phi) is 3.66. The monoisotopic (exact) mass is 248 g/mol. The van der Waals surface area contributed by atoms with E-state index in [-0.39, 0.29) is 0 Å². The van der Waals surface area contributed by atoms with Crippen molar-refractivity contribution in [1.29, 1.82) is 0 Å². The summed E-state index contributed by atoms with van der Waals surface area (Å²) in [6, 6.07) is 2.00. The van der Waals surface area contributed by atoms with Crippen LogP contribution in [0.1, 0.15) is 30.9 Å². The van der Waals surface area contributed by atoms with Gasteiger partial charge in [0.1, 0.15) is 0 Å². The van der Waals surface area contributed by atoms with Crippen LogP contribution in [0.5, 0.6) is 0 Å². The second-order valence-electron chi connectivity index (χ2n) is 5.20. The number of nitrogens with zero attached hydrogens (tertiary/aromatic N) is 2. The number of aliphatic carboxylic acids is 1. The number of pyridine rings is 1. The van der Waals surface area contributed by atoms with Crippen LogP contribution in [0, 0.1) is 12.3 Å². The van der Waals surface area contributed by atoms with Crippen molar-refractivity contribution in [2.75, 3.05) is 13.1 Å². The predicted octanol–water partition coefficient (Wildman–Crippen LogP) is 2.08. The third-order valence-electron chi connectivity index (χ3n) is 4.10. The predicted molar refractivity (Wildman–Crippen MR) is 69.2 cm³/mol. The van der Waals surface area contributed by atoms with E-state index in [0.29, 0.717) is 13.0 Å². The first kappa shape index (κ1) is 13.0. The Labute approximate surface area is 108 Å². The number of hydrogen-bond donors (Lipinski definition) is 1. The van der Waals surface area contributed by atoms with Crippen molar-refractivity contribution in [1.82, 2.24) is 9.88 Å². The van der Waals surface area contributed by atoms with Crippen molar-refractivity contribution in [3.05, 3.63) is 29.6 Å². The minimum absolute atomic E-state index is 0.546. The van der Waals surface area contributed by atoms with Crippen LogP contribution in [0.2, 0.25) is 0 Å². The number of carboxylic acid groups (broad SMARTS) is 1. The molecule has 4 nitrogen and oxygen atoms in total. The normalized spacial score (nSPS) is 24.3. The van der Waals surface area contributed by atoms with Crippen LogP contribution in [-0.4, -0.2) is 34.0 Å². The minimum Gasteiger partial charge on any atom is -0.481 e. The maximum atomic E-state index is 11.4. The zero-order valence-electron chi connectivity index (χ0n) is 11.0. The first-order valence-electron chi connectivity index (χ1n) is 6.42. The van der Waals surface area contributed by atoms with E-state index >= 15 is 0 Å². The van der Waals surface area contributed by atoms with Crippen LogP contribution in [0.4, 0.5) is 0 Å². The fraction of sp³-hybridized carbons (Fsp3) is 0.571. The molecule has 1 N–H and O–H groups in total. The van der Waals surface area contributed by atoms with Crippen LogP contribution < -0.4 is 0 Å². The number of aromatic nitrogens is 1. The van der Waals surface area contributed by atoms with E-state index in [4.69, 9.17) is 0 Å². The van der Waals surface area contributed by atoms with Gasteiger partial charge in [-0.1, -0.05) is 6.92 Å². The summed E-state index contributed by atoms with van der Waals surface area (Å²) in [5.41, 5.74) is 1.86. The average Bonchev–Trinajstić information content (AvgIpc) is 2.77. The van der Waals surface area contributed by atoms with Crippen molar-refractivity contribution in [3.63, 3.8) is 0 Å². The lowest BCUT2D eigenvalue weighted by atomic mass is 9.84. The highest BCUT2D eigenvalue weighted by Crippen LogP contribution is 2.34. The number of carbonyl (C=O) groups is 1. The molecule has 0 aromatic carbocycles. The highest BCUT2D eigenvalue weighted by Gasteiger charge is 2.43. The Morgan fingerprint density at radius 3 is 2.94 bits per heavy atom. The maximum absolute atomic E-state index is 11.4. The summed E-state index contributed by atoms with van der Waals surface area (Å²) in [4.78, 5) is 17.7. The molecule has 1 saturated heterocycles. The van der Waals surface area contributed by atoms with Gasteiger partial charge in [-0.15, -0.1) is 0 Å². The second-order valence-corrected chi connectivity index (χ2v) is 5.20. The molecule has 0 spiro atoms. The fourth-order valence-corrected chi connectivity index (χ4v) is 2.61. The topological polar surface area (TPSA) is 53.4 Å². The van der Waals surface area contributed by atoms with Gasteiger partial charge in [-0.05, 0) is 43.5 Å². The molecule has 1 fully saturated rings. The summed E-state index contributed by atoms with van der Waals surface area (Å²) >= 11 is 0. The number of hydrogen-bond acceptors (Lipinski definition) is 3. The first-order chi connectivity index (χ1) is 8.57. The quantitative estimate of drug-likeness (QED) is 0.886. The average molecular weight is 248 g/mol. The molecule has 1 aromatic rings.